The van der Waals surface area contributed by atoms with Gasteiger partial charge in [0, 0.05) is 38.0 Å². The summed E-state index contributed by atoms with van der Waals surface area (Å²) in [6.45, 7) is 11.9. The van der Waals surface area contributed by atoms with Gasteiger partial charge in [0.05, 0.1) is 19.9 Å². The van der Waals surface area contributed by atoms with E-state index in [9.17, 15) is 9.18 Å². The lowest BCUT2D eigenvalue weighted by Crippen LogP contribution is -2.46. The molecule has 0 aromatic rings. The Labute approximate surface area is 191 Å². The van der Waals surface area contributed by atoms with Crippen LogP contribution in [-0.2, 0) is 0 Å². The summed E-state index contributed by atoms with van der Waals surface area (Å²) in [6.07, 6.45) is 7.43. The molecule has 8 nitrogen and oxygen atoms in total. The van der Waals surface area contributed by atoms with Crippen LogP contribution in [0.1, 0.15) is 40.0 Å². The van der Waals surface area contributed by atoms with E-state index in [4.69, 9.17) is 0 Å². The Morgan fingerprint density at radius 2 is 2.06 bits per heavy atom. The minimum absolute atomic E-state index is 0.107. The van der Waals surface area contributed by atoms with E-state index < -0.39 is 0 Å². The predicted molar refractivity (Wildman–Crippen MR) is 130 cm³/mol. The molecule has 0 spiro atoms. The van der Waals surface area contributed by atoms with Gasteiger partial charge in [-0.2, -0.15) is 0 Å². The summed E-state index contributed by atoms with van der Waals surface area (Å²) in [4.78, 5) is 31.3. The van der Waals surface area contributed by atoms with E-state index in [2.05, 4.69) is 38.0 Å². The fourth-order valence-electron chi connectivity index (χ4n) is 3.60. The van der Waals surface area contributed by atoms with Crippen molar-refractivity contribution in [2.75, 3.05) is 46.7 Å². The molecule has 176 valence electrons. The predicted octanol–water partition coefficient (Wildman–Crippen LogP) is 3.57. The summed E-state index contributed by atoms with van der Waals surface area (Å²) < 4.78 is 14.2. The molecule has 0 radical (unpaired) electrons. The van der Waals surface area contributed by atoms with E-state index in [-0.39, 0.29) is 18.5 Å². The van der Waals surface area contributed by atoms with Gasteiger partial charge >= 0.3 is 6.03 Å². The number of nitrogens with one attached hydrogen (secondary N) is 1. The molecule has 0 aromatic carbocycles. The minimum Gasteiger partial charge on any atom is -0.334 e. The van der Waals surface area contributed by atoms with Gasteiger partial charge in [0.1, 0.15) is 18.3 Å². The highest BCUT2D eigenvalue weighted by Gasteiger charge is 2.20. The van der Waals surface area contributed by atoms with Crippen molar-refractivity contribution in [3.63, 3.8) is 0 Å². The molecule has 2 aliphatic rings. The zero-order valence-corrected chi connectivity index (χ0v) is 19.8. The summed E-state index contributed by atoms with van der Waals surface area (Å²) >= 11 is 0. The lowest BCUT2D eigenvalue weighted by atomic mass is 10.0. The summed E-state index contributed by atoms with van der Waals surface area (Å²) in [5.41, 5.74) is 2.68. The van der Waals surface area contributed by atoms with Gasteiger partial charge in [0.2, 0.25) is 0 Å². The zero-order valence-electron chi connectivity index (χ0n) is 19.8. The van der Waals surface area contributed by atoms with Crippen LogP contribution in [0.2, 0.25) is 0 Å². The second kappa shape index (κ2) is 12.9. The highest BCUT2D eigenvalue weighted by atomic mass is 19.1. The number of carbonyl (C=O) groups is 1. The van der Waals surface area contributed by atoms with Crippen LogP contribution >= 0.6 is 0 Å². The van der Waals surface area contributed by atoms with Crippen molar-refractivity contribution in [3.8, 4) is 0 Å². The number of rotatable bonds is 3. The first-order valence-corrected chi connectivity index (χ1v) is 11.0. The lowest BCUT2D eigenvalue weighted by molar-refractivity contribution is 0.159. The van der Waals surface area contributed by atoms with Crippen molar-refractivity contribution < 1.29 is 9.18 Å². The summed E-state index contributed by atoms with van der Waals surface area (Å²) in [7, 11) is 1.80. The molecule has 2 rings (SSSR count). The SMILES string of the molecule is C=NCN1CNC/N=C(C)/C(=C/C(F)=C\C)CC2=CCN=C(C)N2CCCCN(C)C1=O. The lowest BCUT2D eigenvalue weighted by Gasteiger charge is -2.31. The Kier molecular flexibility index (Phi) is 10.3. The summed E-state index contributed by atoms with van der Waals surface area (Å²) in [6, 6.07) is -0.107. The molecular formula is C23H36FN7O. The van der Waals surface area contributed by atoms with Crippen LogP contribution in [0.3, 0.4) is 0 Å². The normalized spacial score (nSPS) is 23.3. The highest BCUT2D eigenvalue weighted by molar-refractivity contribution is 5.99. The third-order valence-corrected chi connectivity index (χ3v) is 5.53. The molecular weight excluding hydrogens is 409 g/mol. The Bertz CT molecular complexity index is 828. The van der Waals surface area contributed by atoms with E-state index in [1.807, 2.05) is 13.8 Å². The Morgan fingerprint density at radius 3 is 2.78 bits per heavy atom. The van der Waals surface area contributed by atoms with Crippen LogP contribution in [0.5, 0.6) is 0 Å². The summed E-state index contributed by atoms with van der Waals surface area (Å²) in [5, 5.41) is 3.16. The maximum Gasteiger partial charge on any atom is 0.322 e. The topological polar surface area (TPSA) is 75.9 Å². The zero-order chi connectivity index (χ0) is 23.5. The number of aliphatic imine (C=N–C) groups is 3. The number of hydrogen-bond acceptors (Lipinski definition) is 6. The molecule has 0 atom stereocenters. The van der Waals surface area contributed by atoms with E-state index in [1.54, 1.807) is 29.8 Å². The van der Waals surface area contributed by atoms with Gasteiger partial charge in [-0.1, -0.05) is 6.08 Å². The first-order chi connectivity index (χ1) is 15.4. The number of nitrogens with zero attached hydrogens (tertiary/aromatic N) is 6. The molecule has 0 saturated heterocycles. The van der Waals surface area contributed by atoms with Gasteiger partial charge in [-0.15, -0.1) is 0 Å². The van der Waals surface area contributed by atoms with Gasteiger partial charge in [-0.25, -0.2) is 9.18 Å². The number of fused-ring (bicyclic) bond motifs is 1. The molecule has 0 aliphatic carbocycles. The van der Waals surface area contributed by atoms with Crippen molar-refractivity contribution >= 4 is 24.3 Å². The van der Waals surface area contributed by atoms with Gasteiger partial charge in [-0.05, 0) is 58.1 Å². The molecule has 0 saturated carbocycles. The number of halogens is 1. The first kappa shape index (κ1) is 25.5. The second-order valence-electron chi connectivity index (χ2n) is 7.88. The molecule has 1 N–H and O–H groups in total. The molecule has 0 bridgehead atoms. The van der Waals surface area contributed by atoms with Crippen LogP contribution in [0.25, 0.3) is 0 Å². The molecule has 2 aliphatic heterocycles. The quantitative estimate of drug-likeness (QED) is 0.675. The maximum atomic E-state index is 14.2. The molecule has 2 heterocycles. The van der Waals surface area contributed by atoms with E-state index in [0.29, 0.717) is 32.8 Å². The Morgan fingerprint density at radius 1 is 1.31 bits per heavy atom. The van der Waals surface area contributed by atoms with Gasteiger partial charge in [-0.3, -0.25) is 25.2 Å². The number of hydrogen-bond donors (Lipinski definition) is 1. The van der Waals surface area contributed by atoms with Gasteiger partial charge in [0.25, 0.3) is 0 Å². The standard InChI is InChI=1S/C23H36FN7O/c1-6-21(24)13-20-14-22-9-10-27-19(3)31(22)12-8-7-11-29(5)23(32)30(16-25-4)17-26-15-28-18(20)2/h6,9,13,26H,4,7-8,10-12,14-17H2,1-3,5H3/b20-13+,21-6+,28-18+. The number of allylic oxidation sites excluding steroid dienone is 4. The van der Waals surface area contributed by atoms with Crippen LogP contribution in [-0.4, -0.2) is 85.7 Å². The first-order valence-electron chi connectivity index (χ1n) is 11.0. The van der Waals surface area contributed by atoms with Gasteiger partial charge < -0.3 is 9.80 Å². The Hall–Kier alpha value is -2.81. The number of amides is 2. The second-order valence-corrected chi connectivity index (χ2v) is 7.88. The third-order valence-electron chi connectivity index (χ3n) is 5.53. The van der Waals surface area contributed by atoms with Crippen molar-refractivity contribution in [1.82, 2.24) is 20.0 Å². The monoisotopic (exact) mass is 445 g/mol. The molecule has 0 aromatic heterocycles. The van der Waals surface area contributed by atoms with Crippen LogP contribution in [0.15, 0.2) is 50.3 Å². The fourth-order valence-corrected chi connectivity index (χ4v) is 3.60. The van der Waals surface area contributed by atoms with Crippen molar-refractivity contribution in [1.29, 1.82) is 0 Å². The van der Waals surface area contributed by atoms with Crippen molar-refractivity contribution in [3.05, 3.63) is 35.3 Å². The van der Waals surface area contributed by atoms with Crippen LogP contribution in [0.4, 0.5) is 9.18 Å². The third kappa shape index (κ3) is 7.40. The van der Waals surface area contributed by atoms with E-state index in [0.717, 1.165) is 42.2 Å². The van der Waals surface area contributed by atoms with Crippen molar-refractivity contribution in [2.24, 2.45) is 15.0 Å². The largest absolute Gasteiger partial charge is 0.334 e. The average Bonchev–Trinajstić information content (AvgIpc) is 2.78. The minimum atomic E-state index is -0.290. The highest BCUT2D eigenvalue weighted by Crippen LogP contribution is 2.23. The van der Waals surface area contributed by atoms with E-state index in [1.165, 1.54) is 6.08 Å². The number of amidine groups is 1. The fraction of sp³-hybridized carbons (Fsp3) is 0.565. The molecule has 0 unspecified atom stereocenters. The number of carbonyl (C=O) groups excluding carboxylic acids is 1. The molecule has 9 heteroatoms. The van der Waals surface area contributed by atoms with Crippen LogP contribution in [0, 0.1) is 0 Å². The molecule has 32 heavy (non-hydrogen) atoms. The van der Waals surface area contributed by atoms with Crippen molar-refractivity contribution in [2.45, 2.75) is 40.0 Å². The Balaban J connectivity index is 2.32. The average molecular weight is 446 g/mol. The maximum absolute atomic E-state index is 14.2. The smallest absolute Gasteiger partial charge is 0.322 e. The van der Waals surface area contributed by atoms with Gasteiger partial charge in [0.15, 0.2) is 0 Å². The summed E-state index contributed by atoms with van der Waals surface area (Å²) in [5.74, 6) is 0.667. The molecule has 0 fully saturated rings. The molecule has 2 amide bonds. The van der Waals surface area contributed by atoms with Crippen LogP contribution < -0.4 is 5.32 Å². The van der Waals surface area contributed by atoms with E-state index >= 15 is 0 Å². The number of urea groups is 1.